The van der Waals surface area contributed by atoms with Crippen molar-refractivity contribution in [3.05, 3.63) is 29.8 Å². The van der Waals surface area contributed by atoms with Crippen LogP contribution in [0.25, 0.3) is 0 Å². The Bertz CT molecular complexity index is 456. The number of nitrogens with one attached hydrogen (secondary N) is 2. The molecule has 1 saturated heterocycles. The van der Waals surface area contributed by atoms with E-state index in [-0.39, 0.29) is 18.4 Å². The minimum absolute atomic E-state index is 0.0171. The molecule has 1 aliphatic rings. The van der Waals surface area contributed by atoms with Gasteiger partial charge in [0.25, 0.3) is 0 Å². The topological polar surface area (TPSA) is 61.4 Å². The van der Waals surface area contributed by atoms with Crippen molar-refractivity contribution >= 4 is 17.5 Å². The number of nitrogens with zero attached hydrogens (tertiary/aromatic N) is 1. The van der Waals surface area contributed by atoms with Gasteiger partial charge in [0, 0.05) is 12.2 Å². The third-order valence-electron chi connectivity index (χ3n) is 3.08. The van der Waals surface area contributed by atoms with E-state index in [1.54, 1.807) is 4.90 Å². The number of carbonyl (C=O) groups excluding carboxylic acids is 2. The van der Waals surface area contributed by atoms with Gasteiger partial charge in [-0.25, -0.2) is 0 Å². The first-order valence-corrected chi connectivity index (χ1v) is 6.50. The molecule has 1 aromatic carbocycles. The predicted molar refractivity (Wildman–Crippen MR) is 73.9 cm³/mol. The average molecular weight is 261 g/mol. The summed E-state index contributed by atoms with van der Waals surface area (Å²) < 4.78 is 0. The fourth-order valence-corrected chi connectivity index (χ4v) is 2.00. The molecule has 2 rings (SSSR count). The van der Waals surface area contributed by atoms with Crippen LogP contribution >= 0.6 is 0 Å². The molecule has 1 aliphatic heterocycles. The number of rotatable bonds is 3. The molecule has 0 bridgehead atoms. The molecule has 1 aromatic rings. The lowest BCUT2D eigenvalue weighted by Gasteiger charge is -2.19. The number of anilines is 1. The number of carbonyl (C=O) groups is 2. The minimum atomic E-state index is -0.154. The quantitative estimate of drug-likeness (QED) is 0.844. The van der Waals surface area contributed by atoms with Crippen LogP contribution in [0.15, 0.2) is 24.3 Å². The summed E-state index contributed by atoms with van der Waals surface area (Å²) in [4.78, 5) is 25.2. The zero-order chi connectivity index (χ0) is 13.7. The van der Waals surface area contributed by atoms with Crippen molar-refractivity contribution in [1.82, 2.24) is 10.2 Å². The second-order valence-electron chi connectivity index (χ2n) is 4.76. The molecule has 2 N–H and O–H groups in total. The van der Waals surface area contributed by atoms with Crippen molar-refractivity contribution in [2.75, 3.05) is 31.5 Å². The fourth-order valence-electron chi connectivity index (χ4n) is 2.00. The molecule has 1 heterocycles. The normalized spacial score (nSPS) is 16.1. The fraction of sp³-hybridized carbons (Fsp3) is 0.429. The van der Waals surface area contributed by atoms with E-state index >= 15 is 0 Å². The van der Waals surface area contributed by atoms with E-state index < -0.39 is 0 Å². The molecule has 2 amide bonds. The lowest BCUT2D eigenvalue weighted by atomic mass is 10.2. The van der Waals surface area contributed by atoms with Gasteiger partial charge in [0.15, 0.2) is 0 Å². The van der Waals surface area contributed by atoms with Crippen LogP contribution in [-0.4, -0.2) is 42.9 Å². The maximum atomic E-state index is 11.9. The van der Waals surface area contributed by atoms with Crippen molar-refractivity contribution in [3.8, 4) is 0 Å². The maximum absolute atomic E-state index is 11.9. The molecule has 5 heteroatoms. The Morgan fingerprint density at radius 3 is 2.84 bits per heavy atom. The molecule has 1 fully saturated rings. The Hall–Kier alpha value is -1.88. The zero-order valence-corrected chi connectivity index (χ0v) is 11.1. The van der Waals surface area contributed by atoms with Gasteiger partial charge < -0.3 is 15.5 Å². The van der Waals surface area contributed by atoms with Gasteiger partial charge in [-0.2, -0.15) is 0 Å². The van der Waals surface area contributed by atoms with E-state index in [2.05, 4.69) is 10.6 Å². The third-order valence-corrected chi connectivity index (χ3v) is 3.08. The Morgan fingerprint density at radius 2 is 2.11 bits per heavy atom. The summed E-state index contributed by atoms with van der Waals surface area (Å²) in [7, 11) is 0. The van der Waals surface area contributed by atoms with Crippen LogP contribution < -0.4 is 10.6 Å². The van der Waals surface area contributed by atoms with Crippen molar-refractivity contribution in [1.29, 1.82) is 0 Å². The van der Waals surface area contributed by atoms with Gasteiger partial charge in [-0.15, -0.1) is 0 Å². The van der Waals surface area contributed by atoms with Gasteiger partial charge in [0.2, 0.25) is 11.8 Å². The largest absolute Gasteiger partial charge is 0.332 e. The highest BCUT2D eigenvalue weighted by atomic mass is 16.2. The van der Waals surface area contributed by atoms with Crippen LogP contribution in [0.3, 0.4) is 0 Å². The summed E-state index contributed by atoms with van der Waals surface area (Å²) in [5.74, 6) is -0.171. The molecule has 0 spiro atoms. The number of hydrogen-bond acceptors (Lipinski definition) is 3. The van der Waals surface area contributed by atoms with Gasteiger partial charge in [-0.05, 0) is 32.0 Å². The van der Waals surface area contributed by atoms with Crippen molar-refractivity contribution in [2.24, 2.45) is 0 Å². The molecule has 19 heavy (non-hydrogen) atoms. The Morgan fingerprint density at radius 1 is 1.37 bits per heavy atom. The third kappa shape index (κ3) is 4.06. The first-order chi connectivity index (χ1) is 9.15. The van der Waals surface area contributed by atoms with Gasteiger partial charge in [-0.3, -0.25) is 9.59 Å². The summed E-state index contributed by atoms with van der Waals surface area (Å²) in [6.45, 7) is 3.88. The molecule has 0 radical (unpaired) electrons. The highest BCUT2D eigenvalue weighted by Gasteiger charge is 2.18. The molecular weight excluding hydrogens is 242 g/mol. The van der Waals surface area contributed by atoms with Crippen molar-refractivity contribution in [2.45, 2.75) is 13.3 Å². The highest BCUT2D eigenvalue weighted by molar-refractivity contribution is 5.94. The van der Waals surface area contributed by atoms with Crippen molar-refractivity contribution in [3.63, 3.8) is 0 Å². The van der Waals surface area contributed by atoms with Crippen LogP contribution in [0.2, 0.25) is 0 Å². The van der Waals surface area contributed by atoms with Crippen LogP contribution in [0.4, 0.5) is 5.69 Å². The SMILES string of the molecule is Cc1ccc(NC(=O)CN2CCCNCC2=O)cc1. The Labute approximate surface area is 113 Å². The van der Waals surface area contributed by atoms with Crippen LogP contribution in [0.5, 0.6) is 0 Å². The molecule has 0 aliphatic carbocycles. The molecule has 5 nitrogen and oxygen atoms in total. The molecule has 0 saturated carbocycles. The van der Waals surface area contributed by atoms with E-state index in [9.17, 15) is 9.59 Å². The van der Waals surface area contributed by atoms with E-state index in [1.807, 2.05) is 31.2 Å². The van der Waals surface area contributed by atoms with E-state index in [4.69, 9.17) is 0 Å². The van der Waals surface area contributed by atoms with Crippen molar-refractivity contribution < 1.29 is 9.59 Å². The average Bonchev–Trinajstić information content (AvgIpc) is 2.58. The molecule has 0 unspecified atom stereocenters. The predicted octanol–water partition coefficient (Wildman–Crippen LogP) is 0.755. The summed E-state index contributed by atoms with van der Waals surface area (Å²) in [6.07, 6.45) is 0.879. The standard InChI is InChI=1S/C14H19N3O2/c1-11-3-5-12(6-4-11)16-13(18)10-17-8-2-7-15-9-14(17)19/h3-6,15H,2,7-10H2,1H3,(H,16,18). The van der Waals surface area contributed by atoms with Crippen LogP contribution in [-0.2, 0) is 9.59 Å². The summed E-state index contributed by atoms with van der Waals surface area (Å²) in [6, 6.07) is 7.60. The lowest BCUT2D eigenvalue weighted by Crippen LogP contribution is -2.40. The van der Waals surface area contributed by atoms with Crippen LogP contribution in [0, 0.1) is 6.92 Å². The summed E-state index contributed by atoms with van der Waals surface area (Å²) in [5.41, 5.74) is 1.91. The first-order valence-electron chi connectivity index (χ1n) is 6.50. The monoisotopic (exact) mass is 261 g/mol. The zero-order valence-electron chi connectivity index (χ0n) is 11.1. The second kappa shape index (κ2) is 6.33. The lowest BCUT2D eigenvalue weighted by molar-refractivity contribution is -0.133. The van der Waals surface area contributed by atoms with E-state index in [0.717, 1.165) is 24.2 Å². The highest BCUT2D eigenvalue weighted by Crippen LogP contribution is 2.08. The number of amides is 2. The second-order valence-corrected chi connectivity index (χ2v) is 4.76. The first kappa shape index (κ1) is 13.5. The number of hydrogen-bond donors (Lipinski definition) is 2. The van der Waals surface area contributed by atoms with Gasteiger partial charge in [0.05, 0.1) is 13.1 Å². The number of benzene rings is 1. The molecule has 0 aromatic heterocycles. The minimum Gasteiger partial charge on any atom is -0.332 e. The Balaban J connectivity index is 1.89. The summed E-state index contributed by atoms with van der Waals surface area (Å²) in [5, 5.41) is 5.84. The number of aryl methyl sites for hydroxylation is 1. The van der Waals surface area contributed by atoms with Crippen LogP contribution in [0.1, 0.15) is 12.0 Å². The van der Waals surface area contributed by atoms with E-state index in [1.165, 1.54) is 0 Å². The molecule has 0 atom stereocenters. The van der Waals surface area contributed by atoms with Gasteiger partial charge >= 0.3 is 0 Å². The smallest absolute Gasteiger partial charge is 0.243 e. The summed E-state index contributed by atoms with van der Waals surface area (Å²) >= 11 is 0. The van der Waals surface area contributed by atoms with E-state index in [0.29, 0.717) is 13.1 Å². The molecular formula is C14H19N3O2. The maximum Gasteiger partial charge on any atom is 0.243 e. The van der Waals surface area contributed by atoms with Gasteiger partial charge in [-0.1, -0.05) is 17.7 Å². The molecule has 102 valence electrons. The van der Waals surface area contributed by atoms with Gasteiger partial charge in [0.1, 0.15) is 0 Å². The Kier molecular flexibility index (Phi) is 4.52.